The third-order valence-electron chi connectivity index (χ3n) is 5.41. The first kappa shape index (κ1) is 21.9. The molecule has 0 spiro atoms. The summed E-state index contributed by atoms with van der Waals surface area (Å²) in [6, 6.07) is 17.7. The van der Waals surface area contributed by atoms with Crippen LogP contribution in [-0.2, 0) is 11.3 Å². The number of para-hydroxylation sites is 1. The molecule has 0 aliphatic rings. The Kier molecular flexibility index (Phi) is 6.61. The van der Waals surface area contributed by atoms with Crippen molar-refractivity contribution in [2.24, 2.45) is 0 Å². The van der Waals surface area contributed by atoms with Crippen LogP contribution in [-0.4, -0.2) is 17.6 Å². The predicted molar refractivity (Wildman–Crippen MR) is 123 cm³/mol. The number of carbonyl (C=O) groups excluding carboxylic acids is 1. The lowest BCUT2D eigenvalue weighted by molar-refractivity contribution is -0.117. The fraction of sp³-hybridized carbons (Fsp3) is 0.231. The van der Waals surface area contributed by atoms with Gasteiger partial charge in [-0.15, -0.1) is 0 Å². The van der Waals surface area contributed by atoms with E-state index in [1.807, 2.05) is 56.3 Å². The Labute approximate surface area is 183 Å². The summed E-state index contributed by atoms with van der Waals surface area (Å²) in [5.74, 6) is 0.363. The zero-order valence-electron chi connectivity index (χ0n) is 18.6. The minimum absolute atomic E-state index is 0.0790. The maximum Gasteiger partial charge on any atom is 0.262 e. The number of hydrogen-bond acceptors (Lipinski definition) is 3. The zero-order chi connectivity index (χ0) is 22.5. The van der Waals surface area contributed by atoms with Gasteiger partial charge < -0.3 is 14.6 Å². The van der Waals surface area contributed by atoms with Crippen molar-refractivity contribution < 1.29 is 9.53 Å². The molecular formula is C26H27N3O2. The number of nitrogens with zero attached hydrogens (tertiary/aromatic N) is 2. The second kappa shape index (κ2) is 9.36. The van der Waals surface area contributed by atoms with E-state index in [4.69, 9.17) is 4.74 Å². The SMILES string of the molecule is COc1ccc(CNC(=O)/C(C#N)=C\c2cc(C)n(-c3c(C)cccc3C)c2C)cc1. The van der Waals surface area contributed by atoms with Crippen molar-refractivity contribution in [3.63, 3.8) is 0 Å². The molecule has 5 nitrogen and oxygen atoms in total. The standard InChI is InChI=1S/C26H27N3O2/c1-17-7-6-8-18(2)25(17)29-19(3)13-22(20(29)4)14-23(15-27)26(30)28-16-21-9-11-24(31-5)12-10-21/h6-14H,16H2,1-5H3,(H,28,30)/b23-14-. The lowest BCUT2D eigenvalue weighted by Crippen LogP contribution is -2.23. The average Bonchev–Trinajstić information content (AvgIpc) is 3.03. The first-order chi connectivity index (χ1) is 14.8. The third kappa shape index (κ3) is 4.70. The maximum absolute atomic E-state index is 12.6. The van der Waals surface area contributed by atoms with Gasteiger partial charge in [-0.25, -0.2) is 0 Å². The van der Waals surface area contributed by atoms with Crippen LogP contribution < -0.4 is 10.1 Å². The molecule has 0 bridgehead atoms. The van der Waals surface area contributed by atoms with Gasteiger partial charge in [0.1, 0.15) is 17.4 Å². The Morgan fingerprint density at radius 3 is 2.32 bits per heavy atom. The van der Waals surface area contributed by atoms with Gasteiger partial charge in [-0.1, -0.05) is 30.3 Å². The maximum atomic E-state index is 12.6. The Morgan fingerprint density at radius 1 is 1.10 bits per heavy atom. The molecular weight excluding hydrogens is 386 g/mol. The van der Waals surface area contributed by atoms with Crippen LogP contribution in [0.3, 0.4) is 0 Å². The number of methoxy groups -OCH3 is 1. The van der Waals surface area contributed by atoms with Gasteiger partial charge >= 0.3 is 0 Å². The smallest absolute Gasteiger partial charge is 0.262 e. The molecule has 0 unspecified atom stereocenters. The number of ether oxygens (including phenoxy) is 1. The number of benzene rings is 2. The zero-order valence-corrected chi connectivity index (χ0v) is 18.6. The molecule has 3 rings (SSSR count). The molecule has 1 aromatic heterocycles. The van der Waals surface area contributed by atoms with Crippen LogP contribution in [0.15, 0.2) is 54.1 Å². The van der Waals surface area contributed by atoms with Crippen molar-refractivity contribution in [1.82, 2.24) is 9.88 Å². The summed E-state index contributed by atoms with van der Waals surface area (Å²) in [6.07, 6.45) is 1.66. The highest BCUT2D eigenvalue weighted by molar-refractivity contribution is 6.01. The van der Waals surface area contributed by atoms with Crippen molar-refractivity contribution in [2.45, 2.75) is 34.2 Å². The number of amides is 1. The molecule has 0 saturated carbocycles. The van der Waals surface area contributed by atoms with Crippen molar-refractivity contribution in [3.8, 4) is 17.5 Å². The van der Waals surface area contributed by atoms with Gasteiger partial charge in [-0.05, 0) is 74.2 Å². The van der Waals surface area contributed by atoms with Gasteiger partial charge in [0.2, 0.25) is 0 Å². The Hall–Kier alpha value is -3.78. The van der Waals surface area contributed by atoms with E-state index in [0.29, 0.717) is 6.54 Å². The monoisotopic (exact) mass is 413 g/mol. The second-order valence-electron chi connectivity index (χ2n) is 7.60. The van der Waals surface area contributed by atoms with E-state index in [2.05, 4.69) is 35.9 Å². The highest BCUT2D eigenvalue weighted by Crippen LogP contribution is 2.27. The van der Waals surface area contributed by atoms with Crippen LogP contribution >= 0.6 is 0 Å². The number of aromatic nitrogens is 1. The third-order valence-corrected chi connectivity index (χ3v) is 5.41. The number of aryl methyl sites for hydroxylation is 3. The number of rotatable bonds is 6. The number of nitrogens with one attached hydrogen (secondary N) is 1. The molecule has 1 N–H and O–H groups in total. The first-order valence-electron chi connectivity index (χ1n) is 10.1. The van der Waals surface area contributed by atoms with Gasteiger partial charge in [-0.2, -0.15) is 5.26 Å². The van der Waals surface area contributed by atoms with E-state index in [0.717, 1.165) is 34.0 Å². The van der Waals surface area contributed by atoms with Crippen molar-refractivity contribution in [3.05, 3.63) is 87.7 Å². The minimum Gasteiger partial charge on any atom is -0.497 e. The Bertz CT molecular complexity index is 1160. The summed E-state index contributed by atoms with van der Waals surface area (Å²) in [7, 11) is 1.61. The lowest BCUT2D eigenvalue weighted by atomic mass is 10.1. The number of hydrogen-bond donors (Lipinski definition) is 1. The van der Waals surface area contributed by atoms with E-state index >= 15 is 0 Å². The van der Waals surface area contributed by atoms with E-state index in [1.54, 1.807) is 13.2 Å². The van der Waals surface area contributed by atoms with Crippen molar-refractivity contribution in [1.29, 1.82) is 5.26 Å². The van der Waals surface area contributed by atoms with Gasteiger partial charge in [-0.3, -0.25) is 4.79 Å². The van der Waals surface area contributed by atoms with Crippen molar-refractivity contribution in [2.75, 3.05) is 7.11 Å². The summed E-state index contributed by atoms with van der Waals surface area (Å²) < 4.78 is 7.33. The van der Waals surface area contributed by atoms with Gasteiger partial charge in [0.05, 0.1) is 12.8 Å². The van der Waals surface area contributed by atoms with Crippen LogP contribution in [0, 0.1) is 39.0 Å². The Morgan fingerprint density at radius 2 is 1.74 bits per heavy atom. The highest BCUT2D eigenvalue weighted by atomic mass is 16.5. The molecule has 1 heterocycles. The first-order valence-corrected chi connectivity index (χ1v) is 10.1. The van der Waals surface area contributed by atoms with Crippen LogP contribution in [0.25, 0.3) is 11.8 Å². The largest absolute Gasteiger partial charge is 0.497 e. The van der Waals surface area contributed by atoms with E-state index < -0.39 is 5.91 Å². The second-order valence-corrected chi connectivity index (χ2v) is 7.60. The molecule has 0 aliphatic heterocycles. The lowest BCUT2D eigenvalue weighted by Gasteiger charge is -2.15. The molecule has 0 saturated heterocycles. The van der Waals surface area contributed by atoms with Crippen molar-refractivity contribution >= 4 is 12.0 Å². The summed E-state index contributed by atoms with van der Waals surface area (Å²) in [6.45, 7) is 8.55. The quantitative estimate of drug-likeness (QED) is 0.460. The molecule has 0 atom stereocenters. The summed E-state index contributed by atoms with van der Waals surface area (Å²) >= 11 is 0. The van der Waals surface area contributed by atoms with Gasteiger partial charge in [0.15, 0.2) is 0 Å². The van der Waals surface area contributed by atoms with Gasteiger partial charge in [0.25, 0.3) is 5.91 Å². The molecule has 2 aromatic carbocycles. The highest BCUT2D eigenvalue weighted by Gasteiger charge is 2.15. The van der Waals surface area contributed by atoms with E-state index in [1.165, 1.54) is 11.1 Å². The topological polar surface area (TPSA) is 67.0 Å². The molecule has 1 amide bonds. The van der Waals surface area contributed by atoms with Gasteiger partial charge in [0, 0.05) is 17.9 Å². The van der Waals surface area contributed by atoms with E-state index in [-0.39, 0.29) is 5.57 Å². The summed E-state index contributed by atoms with van der Waals surface area (Å²) in [5.41, 5.74) is 7.40. The number of nitriles is 1. The summed E-state index contributed by atoms with van der Waals surface area (Å²) in [5, 5.41) is 12.4. The fourth-order valence-corrected chi connectivity index (χ4v) is 3.76. The summed E-state index contributed by atoms with van der Waals surface area (Å²) in [4.78, 5) is 12.6. The molecule has 0 fully saturated rings. The van der Waals surface area contributed by atoms with E-state index in [9.17, 15) is 10.1 Å². The predicted octanol–water partition coefficient (Wildman–Crippen LogP) is 4.94. The van der Waals surface area contributed by atoms with Crippen LogP contribution in [0.5, 0.6) is 5.75 Å². The van der Waals surface area contributed by atoms with Crippen LogP contribution in [0.1, 0.15) is 33.6 Å². The Balaban J connectivity index is 1.85. The number of carbonyl (C=O) groups is 1. The normalized spacial score (nSPS) is 11.2. The molecule has 0 radical (unpaired) electrons. The molecule has 158 valence electrons. The minimum atomic E-state index is -0.393. The molecule has 0 aliphatic carbocycles. The molecule has 5 heteroatoms. The molecule has 31 heavy (non-hydrogen) atoms. The fourth-order valence-electron chi connectivity index (χ4n) is 3.76. The van der Waals surface area contributed by atoms with Crippen LogP contribution in [0.4, 0.5) is 0 Å². The average molecular weight is 414 g/mol. The van der Waals surface area contributed by atoms with Crippen LogP contribution in [0.2, 0.25) is 0 Å². The molecule has 3 aromatic rings.